The quantitative estimate of drug-likeness (QED) is 0.789. The Labute approximate surface area is 128 Å². The van der Waals surface area contributed by atoms with Crippen LogP contribution in [0.1, 0.15) is 15.9 Å². The molecule has 0 radical (unpaired) electrons. The Hall–Kier alpha value is -2.88. The van der Waals surface area contributed by atoms with Crippen molar-refractivity contribution in [3.63, 3.8) is 0 Å². The van der Waals surface area contributed by atoms with Crippen molar-refractivity contribution < 1.29 is 4.79 Å². The first-order valence-corrected chi connectivity index (χ1v) is 7.03. The van der Waals surface area contributed by atoms with Crippen LogP contribution in [0.25, 0.3) is 10.9 Å². The van der Waals surface area contributed by atoms with E-state index in [4.69, 9.17) is 0 Å². The standard InChI is InChI=1S/C18H16N2O2/c1-12-7-9-14(10-8-12)20(2)18(22)15-11-13-5-3-4-6-16(13)19-17(15)21/h3-11H,1-2H3,(H,19,21). The highest BCUT2D eigenvalue weighted by atomic mass is 16.2. The normalized spacial score (nSPS) is 10.6. The fourth-order valence-corrected chi connectivity index (χ4v) is 2.37. The lowest BCUT2D eigenvalue weighted by molar-refractivity contribution is 0.0991. The summed E-state index contributed by atoms with van der Waals surface area (Å²) >= 11 is 0. The Morgan fingerprint density at radius 2 is 1.73 bits per heavy atom. The summed E-state index contributed by atoms with van der Waals surface area (Å²) in [5.41, 5.74) is 2.36. The Morgan fingerprint density at radius 1 is 1.05 bits per heavy atom. The number of aryl methyl sites for hydroxylation is 1. The molecule has 1 amide bonds. The van der Waals surface area contributed by atoms with Crippen LogP contribution in [0.5, 0.6) is 0 Å². The summed E-state index contributed by atoms with van der Waals surface area (Å²) in [6.45, 7) is 1.99. The summed E-state index contributed by atoms with van der Waals surface area (Å²) in [4.78, 5) is 29.0. The van der Waals surface area contributed by atoms with Gasteiger partial charge in [-0.05, 0) is 36.6 Å². The van der Waals surface area contributed by atoms with E-state index in [-0.39, 0.29) is 17.0 Å². The second-order valence-electron chi connectivity index (χ2n) is 5.30. The average Bonchev–Trinajstić information content (AvgIpc) is 2.53. The first-order chi connectivity index (χ1) is 10.6. The van der Waals surface area contributed by atoms with E-state index in [9.17, 15) is 9.59 Å². The van der Waals surface area contributed by atoms with Crippen LogP contribution >= 0.6 is 0 Å². The predicted octanol–water partition coefficient (Wildman–Crippen LogP) is 3.11. The van der Waals surface area contributed by atoms with E-state index < -0.39 is 0 Å². The molecule has 22 heavy (non-hydrogen) atoms. The van der Waals surface area contributed by atoms with Crippen molar-refractivity contribution in [2.24, 2.45) is 0 Å². The average molecular weight is 292 g/mol. The van der Waals surface area contributed by atoms with E-state index in [2.05, 4.69) is 4.98 Å². The topological polar surface area (TPSA) is 53.2 Å². The summed E-state index contributed by atoms with van der Waals surface area (Å²) < 4.78 is 0. The highest BCUT2D eigenvalue weighted by Crippen LogP contribution is 2.17. The number of anilines is 1. The number of aromatic nitrogens is 1. The zero-order chi connectivity index (χ0) is 15.7. The molecular formula is C18H16N2O2. The van der Waals surface area contributed by atoms with E-state index >= 15 is 0 Å². The molecule has 0 spiro atoms. The highest BCUT2D eigenvalue weighted by molar-refractivity contribution is 6.07. The van der Waals surface area contributed by atoms with Crippen LogP contribution in [0.15, 0.2) is 59.4 Å². The molecule has 0 aliphatic heterocycles. The molecule has 0 atom stereocenters. The maximum Gasteiger partial charge on any atom is 0.263 e. The number of hydrogen-bond donors (Lipinski definition) is 1. The largest absolute Gasteiger partial charge is 0.321 e. The van der Waals surface area contributed by atoms with Gasteiger partial charge in [0.1, 0.15) is 5.56 Å². The minimum Gasteiger partial charge on any atom is -0.321 e. The Morgan fingerprint density at radius 3 is 2.45 bits per heavy atom. The van der Waals surface area contributed by atoms with Gasteiger partial charge >= 0.3 is 0 Å². The Kier molecular flexibility index (Phi) is 3.51. The number of rotatable bonds is 2. The number of H-pyrrole nitrogens is 1. The van der Waals surface area contributed by atoms with Gasteiger partial charge in [0.25, 0.3) is 11.5 Å². The first kappa shape index (κ1) is 14.1. The number of pyridine rings is 1. The zero-order valence-corrected chi connectivity index (χ0v) is 12.5. The van der Waals surface area contributed by atoms with Crippen LogP contribution < -0.4 is 10.5 Å². The van der Waals surface area contributed by atoms with Gasteiger partial charge in [-0.2, -0.15) is 0 Å². The number of nitrogens with zero attached hydrogens (tertiary/aromatic N) is 1. The van der Waals surface area contributed by atoms with Crippen LogP contribution in [0.2, 0.25) is 0 Å². The summed E-state index contributed by atoms with van der Waals surface area (Å²) in [6.07, 6.45) is 0. The van der Waals surface area contributed by atoms with Gasteiger partial charge in [-0.25, -0.2) is 0 Å². The number of aromatic amines is 1. The van der Waals surface area contributed by atoms with Gasteiger partial charge in [0, 0.05) is 18.3 Å². The van der Waals surface area contributed by atoms with Gasteiger partial charge in [0.05, 0.1) is 0 Å². The molecule has 2 aromatic carbocycles. The minimum atomic E-state index is -0.373. The number of amides is 1. The van der Waals surface area contributed by atoms with Crippen molar-refractivity contribution in [1.82, 2.24) is 4.98 Å². The third-order valence-corrected chi connectivity index (χ3v) is 3.71. The van der Waals surface area contributed by atoms with E-state index in [0.29, 0.717) is 0 Å². The molecule has 4 nitrogen and oxygen atoms in total. The Bertz CT molecular complexity index is 895. The third-order valence-electron chi connectivity index (χ3n) is 3.71. The molecule has 1 heterocycles. The number of benzene rings is 2. The summed E-state index contributed by atoms with van der Waals surface area (Å²) in [7, 11) is 1.67. The molecular weight excluding hydrogens is 276 g/mol. The SMILES string of the molecule is Cc1ccc(N(C)C(=O)c2cc3ccccc3[nH]c2=O)cc1. The van der Waals surface area contributed by atoms with E-state index in [1.54, 1.807) is 13.1 Å². The van der Waals surface area contributed by atoms with Crippen LogP contribution in [0.3, 0.4) is 0 Å². The first-order valence-electron chi connectivity index (χ1n) is 7.03. The molecule has 0 unspecified atom stereocenters. The van der Waals surface area contributed by atoms with Gasteiger partial charge in [-0.3, -0.25) is 9.59 Å². The summed E-state index contributed by atoms with van der Waals surface area (Å²) in [6, 6.07) is 16.6. The van der Waals surface area contributed by atoms with Crippen LogP contribution in [-0.4, -0.2) is 17.9 Å². The van der Waals surface area contributed by atoms with Crippen LogP contribution in [0, 0.1) is 6.92 Å². The lowest BCUT2D eigenvalue weighted by Gasteiger charge is -2.17. The molecule has 3 rings (SSSR count). The lowest BCUT2D eigenvalue weighted by Crippen LogP contribution is -2.31. The second kappa shape index (κ2) is 5.48. The van der Waals surface area contributed by atoms with Gasteiger partial charge in [0.2, 0.25) is 0 Å². The minimum absolute atomic E-state index is 0.141. The third kappa shape index (κ3) is 2.51. The lowest BCUT2D eigenvalue weighted by atomic mass is 10.1. The van der Waals surface area contributed by atoms with Gasteiger partial charge in [-0.15, -0.1) is 0 Å². The molecule has 1 aromatic heterocycles. The Balaban J connectivity index is 2.02. The molecule has 0 fully saturated rings. The maximum absolute atomic E-state index is 12.6. The van der Waals surface area contributed by atoms with Crippen molar-refractivity contribution >= 4 is 22.5 Å². The number of fused-ring (bicyclic) bond motifs is 1. The number of nitrogens with one attached hydrogen (secondary N) is 1. The fraction of sp³-hybridized carbons (Fsp3) is 0.111. The van der Waals surface area contributed by atoms with Gasteiger partial charge in [0.15, 0.2) is 0 Å². The van der Waals surface area contributed by atoms with E-state index in [1.807, 2.05) is 55.5 Å². The maximum atomic E-state index is 12.6. The highest BCUT2D eigenvalue weighted by Gasteiger charge is 2.17. The van der Waals surface area contributed by atoms with Crippen molar-refractivity contribution in [2.45, 2.75) is 6.92 Å². The van der Waals surface area contributed by atoms with Crippen molar-refractivity contribution in [3.05, 3.63) is 76.1 Å². The molecule has 0 saturated carbocycles. The molecule has 1 N–H and O–H groups in total. The molecule has 4 heteroatoms. The monoisotopic (exact) mass is 292 g/mol. The van der Waals surface area contributed by atoms with Crippen LogP contribution in [-0.2, 0) is 0 Å². The van der Waals surface area contributed by atoms with Gasteiger partial charge in [-0.1, -0.05) is 35.9 Å². The van der Waals surface area contributed by atoms with Gasteiger partial charge < -0.3 is 9.88 Å². The molecule has 0 aliphatic carbocycles. The smallest absolute Gasteiger partial charge is 0.263 e. The number of carbonyl (C=O) groups is 1. The molecule has 0 bridgehead atoms. The number of carbonyl (C=O) groups excluding carboxylic acids is 1. The molecule has 0 aliphatic rings. The molecule has 0 saturated heterocycles. The molecule has 110 valence electrons. The summed E-state index contributed by atoms with van der Waals surface area (Å²) in [5.74, 6) is -0.323. The predicted molar refractivity (Wildman–Crippen MR) is 88.5 cm³/mol. The van der Waals surface area contributed by atoms with Crippen LogP contribution in [0.4, 0.5) is 5.69 Å². The van der Waals surface area contributed by atoms with Crippen molar-refractivity contribution in [2.75, 3.05) is 11.9 Å². The second-order valence-corrected chi connectivity index (χ2v) is 5.30. The van der Waals surface area contributed by atoms with E-state index in [0.717, 1.165) is 22.2 Å². The number of para-hydroxylation sites is 1. The zero-order valence-electron chi connectivity index (χ0n) is 12.5. The summed E-state index contributed by atoms with van der Waals surface area (Å²) in [5, 5.41) is 0.836. The van der Waals surface area contributed by atoms with E-state index in [1.165, 1.54) is 4.90 Å². The van der Waals surface area contributed by atoms with Crippen molar-refractivity contribution in [1.29, 1.82) is 0 Å². The fourth-order valence-electron chi connectivity index (χ4n) is 2.37. The molecule has 3 aromatic rings. The van der Waals surface area contributed by atoms with Crippen molar-refractivity contribution in [3.8, 4) is 0 Å². The number of hydrogen-bond acceptors (Lipinski definition) is 2.